The molecule has 0 fully saturated rings. The average molecular weight is 457 g/mol. The topological polar surface area (TPSA) is 94.6 Å². The van der Waals surface area contributed by atoms with Crippen LogP contribution in [0, 0.1) is 6.92 Å². The molecule has 1 unspecified atom stereocenters. The molecular formula is C23H26Cl2N6. The Kier molecular flexibility index (Phi) is 7.36. The van der Waals surface area contributed by atoms with Crippen molar-refractivity contribution in [1.29, 1.82) is 0 Å². The maximum absolute atomic E-state index is 6.48. The van der Waals surface area contributed by atoms with Crippen LogP contribution in [-0.2, 0) is 19.4 Å². The van der Waals surface area contributed by atoms with Gasteiger partial charge < -0.3 is 11.5 Å². The van der Waals surface area contributed by atoms with E-state index < -0.39 is 0 Å². The Balaban J connectivity index is 0.00000272. The summed E-state index contributed by atoms with van der Waals surface area (Å²) in [6.07, 6.45) is 2.42. The number of aromatic nitrogens is 2. The van der Waals surface area contributed by atoms with Crippen LogP contribution in [0.2, 0.25) is 5.02 Å². The molecule has 0 radical (unpaired) electrons. The molecule has 31 heavy (non-hydrogen) atoms. The van der Waals surface area contributed by atoms with Gasteiger partial charge in [0.25, 0.3) is 0 Å². The van der Waals surface area contributed by atoms with Gasteiger partial charge in [0.15, 0.2) is 0 Å². The molecule has 3 aromatic rings. The lowest BCUT2D eigenvalue weighted by Crippen LogP contribution is -2.23. The van der Waals surface area contributed by atoms with Gasteiger partial charge in [-0.3, -0.25) is 4.68 Å². The van der Waals surface area contributed by atoms with Crippen LogP contribution in [0.15, 0.2) is 64.8 Å². The second-order valence-electron chi connectivity index (χ2n) is 7.56. The van der Waals surface area contributed by atoms with Crippen LogP contribution in [0.4, 0.5) is 0 Å². The number of hydrogen-bond acceptors (Lipinski definition) is 3. The van der Waals surface area contributed by atoms with Gasteiger partial charge in [0, 0.05) is 22.8 Å². The predicted octanol–water partition coefficient (Wildman–Crippen LogP) is 4.22. The van der Waals surface area contributed by atoms with Gasteiger partial charge in [-0.2, -0.15) is 10.2 Å². The Morgan fingerprint density at radius 1 is 1.10 bits per heavy atom. The number of benzene rings is 2. The van der Waals surface area contributed by atoms with Gasteiger partial charge in [0.1, 0.15) is 0 Å². The minimum absolute atomic E-state index is 0. The first-order valence-corrected chi connectivity index (χ1v) is 10.4. The van der Waals surface area contributed by atoms with E-state index >= 15 is 0 Å². The van der Waals surface area contributed by atoms with Crippen molar-refractivity contribution in [2.45, 2.75) is 38.6 Å². The van der Waals surface area contributed by atoms with Gasteiger partial charge in [-0.15, -0.1) is 17.5 Å². The van der Waals surface area contributed by atoms with E-state index in [2.05, 4.69) is 52.1 Å². The van der Waals surface area contributed by atoms with E-state index in [0.29, 0.717) is 6.42 Å². The summed E-state index contributed by atoms with van der Waals surface area (Å²) in [4.78, 5) is 0. The quantitative estimate of drug-likeness (QED) is 0.341. The molecule has 0 amide bonds. The molecule has 0 spiro atoms. The monoisotopic (exact) mass is 456 g/mol. The number of nitrogens with zero attached hydrogens (tertiary/aromatic N) is 4. The van der Waals surface area contributed by atoms with Crippen molar-refractivity contribution < 1.29 is 0 Å². The molecule has 8 heteroatoms. The first kappa shape index (κ1) is 22.8. The second-order valence-corrected chi connectivity index (χ2v) is 7.97. The first-order chi connectivity index (χ1) is 14.5. The highest BCUT2D eigenvalue weighted by molar-refractivity contribution is 6.31. The maximum atomic E-state index is 6.48. The van der Waals surface area contributed by atoms with Gasteiger partial charge in [-0.1, -0.05) is 60.1 Å². The third kappa shape index (κ3) is 5.09. The zero-order chi connectivity index (χ0) is 21.1. The van der Waals surface area contributed by atoms with Crippen molar-refractivity contribution in [3.8, 4) is 0 Å². The Morgan fingerprint density at radius 3 is 2.52 bits per heavy atom. The summed E-state index contributed by atoms with van der Waals surface area (Å²) in [7, 11) is 0. The van der Waals surface area contributed by atoms with E-state index in [4.69, 9.17) is 28.2 Å². The minimum atomic E-state index is -0.0574. The van der Waals surface area contributed by atoms with Crippen molar-refractivity contribution >= 4 is 35.7 Å². The highest BCUT2D eigenvalue weighted by Gasteiger charge is 2.31. The van der Waals surface area contributed by atoms with Crippen LogP contribution in [0.25, 0.3) is 0 Å². The van der Waals surface area contributed by atoms with Gasteiger partial charge in [-0.25, -0.2) is 0 Å². The van der Waals surface area contributed by atoms with Crippen molar-refractivity contribution in [3.63, 3.8) is 0 Å². The number of fused-ring (bicyclic) bond motifs is 1. The van der Waals surface area contributed by atoms with Crippen LogP contribution < -0.4 is 11.5 Å². The van der Waals surface area contributed by atoms with Crippen LogP contribution in [0.5, 0.6) is 0 Å². The third-order valence-corrected chi connectivity index (χ3v) is 5.88. The van der Waals surface area contributed by atoms with E-state index in [1.54, 1.807) is 0 Å². The first-order valence-electron chi connectivity index (χ1n) is 10.0. The summed E-state index contributed by atoms with van der Waals surface area (Å²) in [6, 6.07) is 18.4. The molecule has 1 heterocycles. The molecule has 0 aliphatic heterocycles. The minimum Gasteiger partial charge on any atom is -0.369 e. The number of halogens is 2. The molecule has 4 N–H and O–H groups in total. The number of nitrogens with two attached hydrogens (primary N) is 2. The molecule has 162 valence electrons. The van der Waals surface area contributed by atoms with Gasteiger partial charge in [-0.05, 0) is 49.3 Å². The Hall–Kier alpha value is -2.83. The van der Waals surface area contributed by atoms with E-state index in [9.17, 15) is 0 Å². The number of hydrogen-bond donors (Lipinski definition) is 2. The summed E-state index contributed by atoms with van der Waals surface area (Å²) in [5.41, 5.74) is 17.4. The number of rotatable bonds is 5. The molecule has 1 aromatic heterocycles. The van der Waals surface area contributed by atoms with Crippen molar-refractivity contribution in [2.24, 2.45) is 21.7 Å². The lowest BCUT2D eigenvalue weighted by molar-refractivity contribution is 0.582. The molecule has 1 aliphatic rings. The summed E-state index contributed by atoms with van der Waals surface area (Å²) >= 11 is 6.48. The van der Waals surface area contributed by atoms with Crippen LogP contribution in [-0.4, -0.2) is 21.5 Å². The molecule has 2 aromatic carbocycles. The fourth-order valence-electron chi connectivity index (χ4n) is 4.10. The lowest BCUT2D eigenvalue weighted by atomic mass is 9.81. The van der Waals surface area contributed by atoms with Crippen molar-refractivity contribution in [1.82, 2.24) is 9.78 Å². The van der Waals surface area contributed by atoms with Crippen LogP contribution in [0.3, 0.4) is 0 Å². The van der Waals surface area contributed by atoms with Gasteiger partial charge in [0.05, 0.1) is 11.4 Å². The standard InChI is InChI=1S/C23H25ClN6.ClH/c1-15-22-20(27-28-23(25)26)13-17(18-9-5-6-10-19(18)24)14-21(22)29-30(15)12-11-16-7-3-2-4-8-16;/h2-10,17H,11-14H2,1H3,(H4,25,26,28);1H/b27-20-;. The summed E-state index contributed by atoms with van der Waals surface area (Å²) < 4.78 is 2.07. The Labute approximate surface area is 193 Å². The highest BCUT2D eigenvalue weighted by atomic mass is 35.5. The average Bonchev–Trinajstić information content (AvgIpc) is 3.07. The molecule has 1 aliphatic carbocycles. The maximum Gasteiger partial charge on any atom is 0.211 e. The van der Waals surface area contributed by atoms with Crippen molar-refractivity contribution in [2.75, 3.05) is 0 Å². The largest absolute Gasteiger partial charge is 0.369 e. The second kappa shape index (κ2) is 9.98. The zero-order valence-corrected chi connectivity index (χ0v) is 18.9. The van der Waals surface area contributed by atoms with Crippen molar-refractivity contribution in [3.05, 3.63) is 87.7 Å². The normalized spacial score (nSPS) is 16.5. The van der Waals surface area contributed by atoms with Gasteiger partial charge >= 0.3 is 0 Å². The SMILES string of the molecule is Cc1c2c(nn1CCc1ccccc1)CC(c1ccccc1Cl)C/C2=N/N=C(N)N.Cl. The number of guanidine groups is 1. The predicted molar refractivity (Wildman–Crippen MR) is 129 cm³/mol. The molecule has 1 atom stereocenters. The Morgan fingerprint density at radius 2 is 1.81 bits per heavy atom. The van der Waals surface area contributed by atoms with E-state index in [0.717, 1.165) is 52.6 Å². The fraction of sp³-hybridized carbons (Fsp3) is 0.261. The third-order valence-electron chi connectivity index (χ3n) is 5.53. The molecule has 0 saturated carbocycles. The molecule has 4 rings (SSSR count). The Bertz CT molecular complexity index is 1100. The molecular weight excluding hydrogens is 431 g/mol. The summed E-state index contributed by atoms with van der Waals surface area (Å²) in [5.74, 6) is 0.120. The van der Waals surface area contributed by atoms with Crippen LogP contribution in [0.1, 0.15) is 40.4 Å². The summed E-state index contributed by atoms with van der Waals surface area (Å²) in [5, 5.41) is 14.0. The van der Waals surface area contributed by atoms with Crippen LogP contribution >= 0.6 is 24.0 Å². The summed E-state index contributed by atoms with van der Waals surface area (Å²) in [6.45, 7) is 2.88. The molecule has 0 bridgehead atoms. The zero-order valence-electron chi connectivity index (χ0n) is 17.3. The van der Waals surface area contributed by atoms with E-state index in [1.165, 1.54) is 5.56 Å². The molecule has 0 saturated heterocycles. The van der Waals surface area contributed by atoms with E-state index in [1.807, 2.05) is 24.3 Å². The highest BCUT2D eigenvalue weighted by Crippen LogP contribution is 2.37. The lowest BCUT2D eigenvalue weighted by Gasteiger charge is -2.24. The number of aryl methyl sites for hydroxylation is 2. The smallest absolute Gasteiger partial charge is 0.211 e. The fourth-order valence-corrected chi connectivity index (χ4v) is 4.39. The van der Waals surface area contributed by atoms with Gasteiger partial charge in [0.2, 0.25) is 5.96 Å². The molecule has 6 nitrogen and oxygen atoms in total. The van der Waals surface area contributed by atoms with E-state index in [-0.39, 0.29) is 24.3 Å².